The van der Waals surface area contributed by atoms with Crippen molar-refractivity contribution in [1.29, 1.82) is 0 Å². The molecule has 2 heterocycles. The van der Waals surface area contributed by atoms with E-state index in [9.17, 15) is 13.2 Å². The number of hydrogen-bond donors (Lipinski definition) is 1. The number of hydrogen-bond acceptors (Lipinski definition) is 5. The largest absolute Gasteiger partial charge is 0.378 e. The fourth-order valence-electron chi connectivity index (χ4n) is 2.37. The Hall–Kier alpha value is -0.960. The molecule has 1 aliphatic rings. The van der Waals surface area contributed by atoms with E-state index in [2.05, 4.69) is 4.72 Å². The summed E-state index contributed by atoms with van der Waals surface area (Å²) in [5.74, 6) is -0.315. The highest BCUT2D eigenvalue weighted by Gasteiger charge is 2.32. The Morgan fingerprint density at radius 3 is 2.52 bits per heavy atom. The summed E-state index contributed by atoms with van der Waals surface area (Å²) in [6.45, 7) is 7.66. The molecule has 0 bridgehead atoms. The van der Waals surface area contributed by atoms with Crippen LogP contribution in [0.4, 0.5) is 0 Å². The molecule has 0 spiro atoms. The van der Waals surface area contributed by atoms with E-state index in [0.29, 0.717) is 26.3 Å². The summed E-state index contributed by atoms with van der Waals surface area (Å²) in [6.07, 6.45) is 0.792. The summed E-state index contributed by atoms with van der Waals surface area (Å²) >= 11 is 1.25. The van der Waals surface area contributed by atoms with Crippen LogP contribution in [-0.4, -0.2) is 51.6 Å². The van der Waals surface area contributed by atoms with E-state index in [1.807, 2.05) is 26.8 Å². The molecule has 6 nitrogen and oxygen atoms in total. The quantitative estimate of drug-likeness (QED) is 0.834. The molecule has 2 rings (SSSR count). The van der Waals surface area contributed by atoms with Gasteiger partial charge in [0.1, 0.15) is 10.3 Å². The van der Waals surface area contributed by atoms with Crippen LogP contribution < -0.4 is 4.72 Å². The van der Waals surface area contributed by atoms with Crippen LogP contribution in [0.15, 0.2) is 16.3 Å². The van der Waals surface area contributed by atoms with E-state index in [-0.39, 0.29) is 16.0 Å². The fourth-order valence-corrected chi connectivity index (χ4v) is 5.02. The number of sulfonamides is 1. The van der Waals surface area contributed by atoms with E-state index < -0.39 is 16.1 Å². The molecule has 23 heavy (non-hydrogen) atoms. The van der Waals surface area contributed by atoms with Crippen molar-refractivity contribution in [3.8, 4) is 0 Å². The maximum atomic E-state index is 12.7. The predicted molar refractivity (Wildman–Crippen MR) is 90.0 cm³/mol. The summed E-state index contributed by atoms with van der Waals surface area (Å²) in [5, 5.41) is 0. The van der Waals surface area contributed by atoms with Crippen molar-refractivity contribution in [3.05, 3.63) is 17.0 Å². The molecule has 0 aliphatic carbocycles. The second kappa shape index (κ2) is 7.74. The van der Waals surface area contributed by atoms with Crippen LogP contribution in [0, 0.1) is 5.92 Å². The van der Waals surface area contributed by atoms with Crippen LogP contribution in [0.2, 0.25) is 0 Å². The highest BCUT2D eigenvalue weighted by molar-refractivity contribution is 7.91. The Morgan fingerprint density at radius 1 is 1.35 bits per heavy atom. The van der Waals surface area contributed by atoms with Crippen molar-refractivity contribution in [2.45, 2.75) is 37.4 Å². The van der Waals surface area contributed by atoms with Crippen molar-refractivity contribution in [2.75, 3.05) is 26.3 Å². The summed E-state index contributed by atoms with van der Waals surface area (Å²) in [4.78, 5) is 15.3. The summed E-state index contributed by atoms with van der Waals surface area (Å²) < 4.78 is 33.2. The first kappa shape index (κ1) is 18.4. The van der Waals surface area contributed by atoms with Gasteiger partial charge in [-0.05, 0) is 24.5 Å². The number of morpholine rings is 1. The van der Waals surface area contributed by atoms with Gasteiger partial charge in [0.2, 0.25) is 5.91 Å². The Bertz CT molecular complexity index is 634. The molecular formula is C15H24N2O4S2. The maximum absolute atomic E-state index is 12.7. The van der Waals surface area contributed by atoms with E-state index in [1.165, 1.54) is 11.3 Å². The lowest BCUT2D eigenvalue weighted by molar-refractivity contribution is -0.138. The van der Waals surface area contributed by atoms with Crippen molar-refractivity contribution < 1.29 is 17.9 Å². The van der Waals surface area contributed by atoms with Crippen LogP contribution in [0.5, 0.6) is 0 Å². The average molecular weight is 361 g/mol. The third kappa shape index (κ3) is 4.53. The molecule has 1 N–H and O–H groups in total. The number of thiophene rings is 1. The summed E-state index contributed by atoms with van der Waals surface area (Å²) in [6, 6.07) is 2.65. The second-order valence-electron chi connectivity index (χ2n) is 5.85. The van der Waals surface area contributed by atoms with E-state index in [4.69, 9.17) is 4.74 Å². The lowest BCUT2D eigenvalue weighted by Gasteiger charge is -2.32. The van der Waals surface area contributed by atoms with Gasteiger partial charge in [-0.15, -0.1) is 11.3 Å². The van der Waals surface area contributed by atoms with Gasteiger partial charge in [0, 0.05) is 18.0 Å². The van der Waals surface area contributed by atoms with Crippen LogP contribution in [0.1, 0.15) is 25.6 Å². The minimum Gasteiger partial charge on any atom is -0.378 e. The number of rotatable bonds is 6. The van der Waals surface area contributed by atoms with Gasteiger partial charge in [-0.2, -0.15) is 4.72 Å². The number of amides is 1. The standard InChI is InChI=1S/C15H24N2O4S2/c1-4-12-5-6-13(22-12)23(19,20)16-14(11(2)3)15(18)17-7-9-21-10-8-17/h5-6,11,14,16H,4,7-10H2,1-3H3/t14-/m1/s1. The van der Waals surface area contributed by atoms with E-state index in [1.54, 1.807) is 11.0 Å². The lowest BCUT2D eigenvalue weighted by Crippen LogP contribution is -2.53. The van der Waals surface area contributed by atoms with E-state index >= 15 is 0 Å². The predicted octanol–water partition coefficient (Wildman–Crippen LogP) is 1.47. The van der Waals surface area contributed by atoms with Crippen molar-refractivity contribution in [1.82, 2.24) is 9.62 Å². The molecule has 1 saturated heterocycles. The van der Waals surface area contributed by atoms with Gasteiger partial charge in [0.05, 0.1) is 13.2 Å². The number of nitrogens with zero attached hydrogens (tertiary/aromatic N) is 1. The van der Waals surface area contributed by atoms with Gasteiger partial charge < -0.3 is 9.64 Å². The number of aryl methyl sites for hydroxylation is 1. The fraction of sp³-hybridized carbons (Fsp3) is 0.667. The minimum absolute atomic E-state index is 0.134. The van der Waals surface area contributed by atoms with Gasteiger partial charge in [0.25, 0.3) is 10.0 Å². The van der Waals surface area contributed by atoms with Crippen LogP contribution in [0.25, 0.3) is 0 Å². The highest BCUT2D eigenvalue weighted by Crippen LogP contribution is 2.23. The molecule has 1 amide bonds. The molecule has 1 atom stereocenters. The second-order valence-corrected chi connectivity index (χ2v) is 8.96. The van der Waals surface area contributed by atoms with Crippen molar-refractivity contribution >= 4 is 27.3 Å². The molecule has 8 heteroatoms. The normalized spacial score (nSPS) is 17.5. The summed E-state index contributed by atoms with van der Waals surface area (Å²) in [7, 11) is -3.69. The Morgan fingerprint density at radius 2 is 2.00 bits per heavy atom. The first-order valence-electron chi connectivity index (χ1n) is 7.82. The number of carbonyl (C=O) groups excluding carboxylic acids is 1. The Kier molecular flexibility index (Phi) is 6.19. The van der Waals surface area contributed by atoms with Gasteiger partial charge in [-0.1, -0.05) is 20.8 Å². The molecule has 1 fully saturated rings. The summed E-state index contributed by atoms with van der Waals surface area (Å²) in [5.41, 5.74) is 0. The molecule has 0 aromatic carbocycles. The molecule has 130 valence electrons. The molecule has 1 aromatic heterocycles. The SMILES string of the molecule is CCc1ccc(S(=O)(=O)N[C@@H](C(=O)N2CCOCC2)C(C)C)s1. The Balaban J connectivity index is 2.16. The number of carbonyl (C=O) groups is 1. The molecule has 0 radical (unpaired) electrons. The molecule has 0 saturated carbocycles. The zero-order chi connectivity index (χ0) is 17.0. The monoisotopic (exact) mass is 360 g/mol. The zero-order valence-electron chi connectivity index (χ0n) is 13.7. The molecule has 1 aliphatic heterocycles. The zero-order valence-corrected chi connectivity index (χ0v) is 15.4. The smallest absolute Gasteiger partial charge is 0.250 e. The molecule has 0 unspecified atom stereocenters. The topological polar surface area (TPSA) is 75.7 Å². The number of nitrogens with one attached hydrogen (secondary N) is 1. The maximum Gasteiger partial charge on any atom is 0.250 e. The van der Waals surface area contributed by atoms with Gasteiger partial charge in [-0.3, -0.25) is 4.79 Å². The highest BCUT2D eigenvalue weighted by atomic mass is 32.2. The first-order valence-corrected chi connectivity index (χ1v) is 10.1. The van der Waals surface area contributed by atoms with Crippen molar-refractivity contribution in [3.63, 3.8) is 0 Å². The van der Waals surface area contributed by atoms with Gasteiger partial charge in [-0.25, -0.2) is 8.42 Å². The first-order chi connectivity index (χ1) is 10.8. The lowest BCUT2D eigenvalue weighted by atomic mass is 10.0. The molecule has 1 aromatic rings. The molecular weight excluding hydrogens is 336 g/mol. The number of ether oxygens (including phenoxy) is 1. The van der Waals surface area contributed by atoms with Gasteiger partial charge in [0.15, 0.2) is 0 Å². The van der Waals surface area contributed by atoms with E-state index in [0.717, 1.165) is 11.3 Å². The average Bonchev–Trinajstić information content (AvgIpc) is 3.02. The van der Waals surface area contributed by atoms with Gasteiger partial charge >= 0.3 is 0 Å². The third-order valence-corrected chi connectivity index (χ3v) is 6.95. The van der Waals surface area contributed by atoms with Crippen LogP contribution >= 0.6 is 11.3 Å². The Labute approximate surface area is 141 Å². The van der Waals surface area contributed by atoms with Crippen molar-refractivity contribution in [2.24, 2.45) is 5.92 Å². The minimum atomic E-state index is -3.69. The third-order valence-electron chi connectivity index (χ3n) is 3.79. The van der Waals surface area contributed by atoms with Crippen LogP contribution in [0.3, 0.4) is 0 Å². The van der Waals surface area contributed by atoms with Crippen LogP contribution in [-0.2, 0) is 26.0 Å².